The van der Waals surface area contributed by atoms with E-state index in [2.05, 4.69) is 5.32 Å². The summed E-state index contributed by atoms with van der Waals surface area (Å²) in [5, 5.41) is 3.32. The molecule has 1 atom stereocenters. The van der Waals surface area contributed by atoms with Crippen LogP contribution in [0.15, 0.2) is 30.3 Å². The van der Waals surface area contributed by atoms with E-state index in [0.29, 0.717) is 18.1 Å². The minimum Gasteiger partial charge on any atom is -0.359 e. The number of halogens is 1. The van der Waals surface area contributed by atoms with Crippen molar-refractivity contribution in [2.45, 2.75) is 12.8 Å². The zero-order chi connectivity index (χ0) is 15.2. The van der Waals surface area contributed by atoms with Crippen LogP contribution in [0, 0.1) is 5.92 Å². The van der Waals surface area contributed by atoms with Crippen molar-refractivity contribution in [3.63, 3.8) is 0 Å². The van der Waals surface area contributed by atoms with E-state index < -0.39 is 0 Å². The minimum atomic E-state index is -0.100. The Morgan fingerprint density at radius 1 is 1.33 bits per heavy atom. The van der Waals surface area contributed by atoms with Crippen LogP contribution in [-0.2, 0) is 9.59 Å². The van der Waals surface area contributed by atoms with E-state index in [1.807, 2.05) is 12.1 Å². The Balaban J connectivity index is 1.96. The van der Waals surface area contributed by atoms with Crippen molar-refractivity contribution < 1.29 is 9.59 Å². The number of hydrogen-bond acceptors (Lipinski definition) is 2. The third-order valence-corrected chi connectivity index (χ3v) is 3.89. The summed E-state index contributed by atoms with van der Waals surface area (Å²) in [6, 6.07) is 7.29. The second-order valence-electron chi connectivity index (χ2n) is 5.12. The molecule has 1 aromatic carbocycles. The molecule has 1 unspecified atom stereocenters. The topological polar surface area (TPSA) is 49.4 Å². The summed E-state index contributed by atoms with van der Waals surface area (Å²) in [6.45, 7) is 1.20. The molecule has 0 spiro atoms. The van der Waals surface area contributed by atoms with Crippen molar-refractivity contribution in [3.8, 4) is 0 Å². The fraction of sp³-hybridized carbons (Fsp3) is 0.375. The van der Waals surface area contributed by atoms with Crippen LogP contribution in [0.1, 0.15) is 18.4 Å². The largest absolute Gasteiger partial charge is 0.359 e. The first kappa shape index (κ1) is 15.6. The molecule has 1 saturated heterocycles. The van der Waals surface area contributed by atoms with Gasteiger partial charge in [0.1, 0.15) is 0 Å². The Morgan fingerprint density at radius 3 is 2.71 bits per heavy atom. The number of carbonyl (C=O) groups is 2. The van der Waals surface area contributed by atoms with Crippen LogP contribution in [-0.4, -0.2) is 36.9 Å². The predicted octanol–water partition coefficient (Wildman–Crippen LogP) is 2.34. The van der Waals surface area contributed by atoms with Crippen LogP contribution in [0.4, 0.5) is 0 Å². The van der Waals surface area contributed by atoms with Gasteiger partial charge < -0.3 is 10.2 Å². The van der Waals surface area contributed by atoms with Gasteiger partial charge in [-0.15, -0.1) is 0 Å². The fourth-order valence-corrected chi connectivity index (χ4v) is 2.57. The molecule has 1 aliphatic rings. The molecule has 21 heavy (non-hydrogen) atoms. The third kappa shape index (κ3) is 4.33. The molecule has 1 aliphatic heterocycles. The number of likely N-dealkylation sites (tertiary alicyclic amines) is 1. The molecule has 0 aromatic heterocycles. The maximum atomic E-state index is 12.2. The molecule has 0 radical (unpaired) electrons. The maximum Gasteiger partial charge on any atom is 0.246 e. The molecular formula is C16H19ClN2O2. The van der Waals surface area contributed by atoms with Crippen LogP contribution in [0.3, 0.4) is 0 Å². The number of carbonyl (C=O) groups excluding carboxylic acids is 2. The van der Waals surface area contributed by atoms with E-state index in [0.717, 1.165) is 18.4 Å². The van der Waals surface area contributed by atoms with E-state index in [9.17, 15) is 9.59 Å². The Labute approximate surface area is 129 Å². The molecular weight excluding hydrogens is 288 g/mol. The molecule has 1 fully saturated rings. The number of nitrogens with zero attached hydrogens (tertiary/aromatic N) is 1. The Hall–Kier alpha value is -1.81. The van der Waals surface area contributed by atoms with Gasteiger partial charge in [-0.1, -0.05) is 23.7 Å². The van der Waals surface area contributed by atoms with Crippen molar-refractivity contribution >= 4 is 29.5 Å². The van der Waals surface area contributed by atoms with Crippen LogP contribution in [0.2, 0.25) is 5.02 Å². The van der Waals surface area contributed by atoms with Crippen molar-refractivity contribution in [1.29, 1.82) is 0 Å². The van der Waals surface area contributed by atoms with Gasteiger partial charge in [0.15, 0.2) is 0 Å². The Kier molecular flexibility index (Phi) is 5.39. The third-order valence-electron chi connectivity index (χ3n) is 3.64. The first-order chi connectivity index (χ1) is 10.1. The molecule has 0 bridgehead atoms. The lowest BCUT2D eigenvalue weighted by atomic mass is 9.97. The van der Waals surface area contributed by atoms with Crippen molar-refractivity contribution in [1.82, 2.24) is 10.2 Å². The highest BCUT2D eigenvalue weighted by atomic mass is 35.5. The van der Waals surface area contributed by atoms with Crippen LogP contribution < -0.4 is 5.32 Å². The molecule has 5 heteroatoms. The maximum absolute atomic E-state index is 12.2. The van der Waals surface area contributed by atoms with E-state index in [1.165, 1.54) is 0 Å². The second kappa shape index (κ2) is 7.27. The summed E-state index contributed by atoms with van der Waals surface area (Å²) >= 11 is 5.82. The van der Waals surface area contributed by atoms with Gasteiger partial charge in [0.2, 0.25) is 11.8 Å². The summed E-state index contributed by atoms with van der Waals surface area (Å²) in [6.07, 6.45) is 5.01. The standard InChI is InChI=1S/C16H19ClN2O2/c1-18-16(21)13-3-2-10-19(11-13)15(20)9-6-12-4-7-14(17)8-5-12/h4-9,13H,2-3,10-11H2,1H3,(H,18,21)/b9-6+. The van der Waals surface area contributed by atoms with Crippen LogP contribution in [0.25, 0.3) is 6.08 Å². The summed E-state index contributed by atoms with van der Waals surface area (Å²) in [5.41, 5.74) is 0.924. The molecule has 4 nitrogen and oxygen atoms in total. The average Bonchev–Trinajstić information content (AvgIpc) is 2.53. The Morgan fingerprint density at radius 2 is 2.05 bits per heavy atom. The van der Waals surface area contributed by atoms with E-state index in [4.69, 9.17) is 11.6 Å². The summed E-state index contributed by atoms with van der Waals surface area (Å²) in [7, 11) is 1.63. The first-order valence-corrected chi connectivity index (χ1v) is 7.42. The fourth-order valence-electron chi connectivity index (χ4n) is 2.44. The molecule has 2 amide bonds. The average molecular weight is 307 g/mol. The van der Waals surface area contributed by atoms with Gasteiger partial charge >= 0.3 is 0 Å². The van der Waals surface area contributed by atoms with Gasteiger partial charge in [-0.25, -0.2) is 0 Å². The number of nitrogens with one attached hydrogen (secondary N) is 1. The molecule has 1 heterocycles. The number of hydrogen-bond donors (Lipinski definition) is 1. The van der Waals surface area contributed by atoms with Gasteiger partial charge in [0.05, 0.1) is 5.92 Å². The molecule has 0 aliphatic carbocycles. The second-order valence-corrected chi connectivity index (χ2v) is 5.56. The highest BCUT2D eigenvalue weighted by Crippen LogP contribution is 2.17. The monoisotopic (exact) mass is 306 g/mol. The SMILES string of the molecule is CNC(=O)C1CCCN(C(=O)/C=C/c2ccc(Cl)cc2)C1. The van der Waals surface area contributed by atoms with Crippen LogP contribution >= 0.6 is 11.6 Å². The summed E-state index contributed by atoms with van der Waals surface area (Å²) in [4.78, 5) is 25.6. The van der Waals surface area contributed by atoms with Gasteiger partial charge in [-0.05, 0) is 36.6 Å². The van der Waals surface area contributed by atoms with E-state index in [1.54, 1.807) is 36.2 Å². The quantitative estimate of drug-likeness (QED) is 0.871. The Bertz CT molecular complexity index is 540. The normalized spacial score (nSPS) is 18.8. The number of benzene rings is 1. The van der Waals surface area contributed by atoms with Gasteiger partial charge in [-0.3, -0.25) is 9.59 Å². The lowest BCUT2D eigenvalue weighted by molar-refractivity contribution is -0.131. The first-order valence-electron chi connectivity index (χ1n) is 7.04. The molecule has 1 N–H and O–H groups in total. The highest BCUT2D eigenvalue weighted by Gasteiger charge is 2.26. The molecule has 2 rings (SSSR count). The van der Waals surface area contributed by atoms with Gasteiger partial charge in [0, 0.05) is 31.2 Å². The summed E-state index contributed by atoms with van der Waals surface area (Å²) in [5.74, 6) is -0.149. The summed E-state index contributed by atoms with van der Waals surface area (Å²) < 4.78 is 0. The number of piperidine rings is 1. The zero-order valence-corrected chi connectivity index (χ0v) is 12.8. The van der Waals surface area contributed by atoms with Gasteiger partial charge in [0.25, 0.3) is 0 Å². The van der Waals surface area contributed by atoms with E-state index in [-0.39, 0.29) is 17.7 Å². The lowest BCUT2D eigenvalue weighted by Crippen LogP contribution is -2.44. The molecule has 112 valence electrons. The lowest BCUT2D eigenvalue weighted by Gasteiger charge is -2.31. The number of rotatable bonds is 3. The van der Waals surface area contributed by atoms with Crippen molar-refractivity contribution in [2.24, 2.45) is 5.92 Å². The minimum absolute atomic E-state index is 0.00850. The predicted molar refractivity (Wildman–Crippen MR) is 83.9 cm³/mol. The number of amides is 2. The zero-order valence-electron chi connectivity index (χ0n) is 12.0. The molecule has 0 saturated carbocycles. The molecule has 1 aromatic rings. The van der Waals surface area contributed by atoms with Crippen LogP contribution in [0.5, 0.6) is 0 Å². The van der Waals surface area contributed by atoms with Crippen molar-refractivity contribution in [3.05, 3.63) is 40.9 Å². The van der Waals surface area contributed by atoms with Gasteiger partial charge in [-0.2, -0.15) is 0 Å². The van der Waals surface area contributed by atoms with E-state index >= 15 is 0 Å². The van der Waals surface area contributed by atoms with Crippen molar-refractivity contribution in [2.75, 3.05) is 20.1 Å². The smallest absolute Gasteiger partial charge is 0.246 e. The highest BCUT2D eigenvalue weighted by molar-refractivity contribution is 6.30.